The van der Waals surface area contributed by atoms with Crippen LogP contribution in [0.5, 0.6) is 0 Å². The van der Waals surface area contributed by atoms with Gasteiger partial charge in [0.05, 0.1) is 0 Å². The van der Waals surface area contributed by atoms with Crippen molar-refractivity contribution >= 4 is 5.95 Å². The Hall–Kier alpha value is -1.48. The Balaban J connectivity index is 1.93. The molecule has 0 bridgehead atoms. The van der Waals surface area contributed by atoms with E-state index in [-0.39, 0.29) is 18.1 Å². The molecule has 1 aliphatic rings. The number of methoxy groups -OCH3 is 1. The highest BCUT2D eigenvalue weighted by molar-refractivity contribution is 5.22. The molecule has 0 radical (unpaired) electrons. The van der Waals surface area contributed by atoms with Gasteiger partial charge in [-0.15, -0.1) is 0 Å². The molecular formula is C10H15N3O5. The molecule has 1 fully saturated rings. The number of aromatic nitrogens is 2. The molecule has 2 heterocycles. The number of nitrogens with one attached hydrogen (secondary N) is 2. The Bertz CT molecular complexity index is 451. The van der Waals surface area contributed by atoms with Gasteiger partial charge in [0.2, 0.25) is 5.95 Å². The topological polar surface area (TPSA) is 117 Å². The third-order valence-corrected chi connectivity index (χ3v) is 2.69. The first-order chi connectivity index (χ1) is 8.61. The van der Waals surface area contributed by atoms with Crippen LogP contribution >= 0.6 is 0 Å². The molecule has 1 aromatic rings. The van der Waals surface area contributed by atoms with Gasteiger partial charge >= 0.3 is 0 Å². The molecule has 1 aromatic heterocycles. The van der Waals surface area contributed by atoms with Crippen molar-refractivity contribution in [1.82, 2.24) is 9.97 Å². The molecule has 0 unspecified atom stereocenters. The molecule has 8 heteroatoms. The number of hydrogen-bond donors (Lipinski definition) is 4. The van der Waals surface area contributed by atoms with Gasteiger partial charge in [-0.05, 0) is 0 Å². The molecule has 0 spiro atoms. The van der Waals surface area contributed by atoms with Crippen molar-refractivity contribution < 1.29 is 19.7 Å². The van der Waals surface area contributed by atoms with Crippen LogP contribution in [0, 0.1) is 0 Å². The van der Waals surface area contributed by atoms with Crippen LogP contribution in [0.25, 0.3) is 0 Å². The smallest absolute Gasteiger partial charge is 0.252 e. The van der Waals surface area contributed by atoms with E-state index in [1.54, 1.807) is 0 Å². The van der Waals surface area contributed by atoms with E-state index >= 15 is 0 Å². The number of nitrogens with zero attached hydrogens (tertiary/aromatic N) is 1. The Morgan fingerprint density at radius 3 is 2.94 bits per heavy atom. The lowest BCUT2D eigenvalue weighted by Crippen LogP contribution is -2.36. The van der Waals surface area contributed by atoms with Crippen LogP contribution in [0.2, 0.25) is 0 Å². The fraction of sp³-hybridized carbons (Fsp3) is 0.600. The summed E-state index contributed by atoms with van der Waals surface area (Å²) in [5.41, 5.74) is -0.282. The largest absolute Gasteiger partial charge is 0.387 e. The molecule has 0 amide bonds. The van der Waals surface area contributed by atoms with Crippen molar-refractivity contribution in [3.05, 3.63) is 22.6 Å². The highest BCUT2D eigenvalue weighted by Gasteiger charge is 2.42. The average Bonchev–Trinajstić information content (AvgIpc) is 2.64. The average molecular weight is 257 g/mol. The summed E-state index contributed by atoms with van der Waals surface area (Å²) in [6.45, 7) is 0.186. The van der Waals surface area contributed by atoms with E-state index in [2.05, 4.69) is 15.3 Å². The van der Waals surface area contributed by atoms with Crippen molar-refractivity contribution in [2.75, 3.05) is 19.0 Å². The number of aliphatic hydroxyl groups excluding tert-OH is 2. The monoisotopic (exact) mass is 257 g/mol. The standard InChI is InChI=1S/C10H15N3O5/c1-17-9-8(16)7(15)5(18-9)4-12-10-11-3-2-6(14)13-10/h2-3,5,7-9,15-16H,4H2,1H3,(H2,11,12,13,14)/t5-,7-,8-,9-/m1/s1. The molecule has 0 saturated carbocycles. The summed E-state index contributed by atoms with van der Waals surface area (Å²) in [4.78, 5) is 17.4. The summed E-state index contributed by atoms with van der Waals surface area (Å²) in [5.74, 6) is 0.272. The van der Waals surface area contributed by atoms with Crippen LogP contribution in [-0.4, -0.2) is 58.4 Å². The van der Waals surface area contributed by atoms with Gasteiger partial charge in [-0.25, -0.2) is 4.98 Å². The minimum atomic E-state index is -1.09. The van der Waals surface area contributed by atoms with E-state index in [1.807, 2.05) is 0 Å². The van der Waals surface area contributed by atoms with Gasteiger partial charge < -0.3 is 25.0 Å². The summed E-state index contributed by atoms with van der Waals surface area (Å²) >= 11 is 0. The number of H-pyrrole nitrogens is 1. The zero-order chi connectivity index (χ0) is 13.1. The molecule has 4 atom stereocenters. The highest BCUT2D eigenvalue weighted by Crippen LogP contribution is 2.21. The first-order valence-electron chi connectivity index (χ1n) is 5.45. The lowest BCUT2D eigenvalue weighted by atomic mass is 10.1. The van der Waals surface area contributed by atoms with Gasteiger partial charge in [0.15, 0.2) is 6.29 Å². The quantitative estimate of drug-likeness (QED) is 0.506. The van der Waals surface area contributed by atoms with Crippen LogP contribution in [0.4, 0.5) is 5.95 Å². The molecule has 1 saturated heterocycles. The van der Waals surface area contributed by atoms with Crippen molar-refractivity contribution in [3.63, 3.8) is 0 Å². The van der Waals surface area contributed by atoms with Crippen LogP contribution in [0.3, 0.4) is 0 Å². The number of aliphatic hydroxyl groups is 2. The summed E-state index contributed by atoms with van der Waals surface area (Å²) < 4.78 is 10.1. The van der Waals surface area contributed by atoms with Gasteiger partial charge in [-0.2, -0.15) is 0 Å². The molecule has 100 valence electrons. The fourth-order valence-corrected chi connectivity index (χ4v) is 1.74. The normalized spacial score (nSPS) is 31.5. The van der Waals surface area contributed by atoms with E-state index < -0.39 is 24.6 Å². The molecule has 4 N–H and O–H groups in total. The maximum Gasteiger partial charge on any atom is 0.252 e. The second-order valence-electron chi connectivity index (χ2n) is 3.92. The van der Waals surface area contributed by atoms with E-state index in [0.717, 1.165) is 0 Å². The number of aromatic amines is 1. The minimum Gasteiger partial charge on any atom is -0.387 e. The SMILES string of the molecule is CO[C@@H]1O[C@H](CNc2nccc(=O)[nH]2)[C@@H](O)[C@H]1O. The molecule has 1 aliphatic heterocycles. The summed E-state index contributed by atoms with van der Waals surface area (Å²) in [5, 5.41) is 22.1. The van der Waals surface area contributed by atoms with Gasteiger partial charge in [-0.1, -0.05) is 0 Å². The predicted octanol–water partition coefficient (Wildman–Crippen LogP) is -1.73. The van der Waals surface area contributed by atoms with Crippen LogP contribution in [0.15, 0.2) is 17.1 Å². The summed E-state index contributed by atoms with van der Waals surface area (Å²) in [7, 11) is 1.38. The maximum atomic E-state index is 11.0. The number of ether oxygens (including phenoxy) is 2. The van der Waals surface area contributed by atoms with Crippen LogP contribution < -0.4 is 10.9 Å². The molecule has 2 rings (SSSR count). The number of anilines is 1. The van der Waals surface area contributed by atoms with E-state index in [4.69, 9.17) is 9.47 Å². The first kappa shape index (κ1) is 13.0. The Labute approximate surface area is 103 Å². The zero-order valence-electron chi connectivity index (χ0n) is 9.74. The Morgan fingerprint density at radius 2 is 2.33 bits per heavy atom. The Morgan fingerprint density at radius 1 is 1.56 bits per heavy atom. The Kier molecular flexibility index (Phi) is 3.92. The maximum absolute atomic E-state index is 11.0. The third-order valence-electron chi connectivity index (χ3n) is 2.69. The van der Waals surface area contributed by atoms with Gasteiger partial charge in [0.25, 0.3) is 5.56 Å². The zero-order valence-corrected chi connectivity index (χ0v) is 9.74. The highest BCUT2D eigenvalue weighted by atomic mass is 16.7. The first-order valence-corrected chi connectivity index (χ1v) is 5.45. The van der Waals surface area contributed by atoms with Crippen molar-refractivity contribution in [2.24, 2.45) is 0 Å². The van der Waals surface area contributed by atoms with Crippen LogP contribution in [-0.2, 0) is 9.47 Å². The van der Waals surface area contributed by atoms with Gasteiger partial charge in [-0.3, -0.25) is 9.78 Å². The van der Waals surface area contributed by atoms with Crippen molar-refractivity contribution in [2.45, 2.75) is 24.6 Å². The molecular weight excluding hydrogens is 242 g/mol. The second kappa shape index (κ2) is 5.44. The molecule has 0 aliphatic carbocycles. The minimum absolute atomic E-state index is 0.186. The van der Waals surface area contributed by atoms with Gasteiger partial charge in [0, 0.05) is 25.9 Å². The molecule has 8 nitrogen and oxygen atoms in total. The van der Waals surface area contributed by atoms with Crippen molar-refractivity contribution in [3.8, 4) is 0 Å². The fourth-order valence-electron chi connectivity index (χ4n) is 1.74. The second-order valence-corrected chi connectivity index (χ2v) is 3.92. The predicted molar refractivity (Wildman–Crippen MR) is 61.0 cm³/mol. The third kappa shape index (κ3) is 2.67. The molecule has 0 aromatic carbocycles. The number of rotatable bonds is 4. The van der Waals surface area contributed by atoms with Crippen LogP contribution in [0.1, 0.15) is 0 Å². The lowest BCUT2D eigenvalue weighted by Gasteiger charge is -2.14. The summed E-state index contributed by atoms with van der Waals surface area (Å²) in [6.07, 6.45) is -2.28. The molecule has 18 heavy (non-hydrogen) atoms. The van der Waals surface area contributed by atoms with E-state index in [1.165, 1.54) is 19.4 Å². The van der Waals surface area contributed by atoms with E-state index in [9.17, 15) is 15.0 Å². The van der Waals surface area contributed by atoms with Crippen molar-refractivity contribution in [1.29, 1.82) is 0 Å². The summed E-state index contributed by atoms with van der Waals surface area (Å²) in [6, 6.07) is 1.29. The van der Waals surface area contributed by atoms with E-state index in [0.29, 0.717) is 0 Å². The number of hydrogen-bond acceptors (Lipinski definition) is 7. The lowest BCUT2D eigenvalue weighted by molar-refractivity contribution is -0.146. The van der Waals surface area contributed by atoms with Gasteiger partial charge in [0.1, 0.15) is 18.3 Å².